The summed E-state index contributed by atoms with van der Waals surface area (Å²) in [5.41, 5.74) is 0.941. The van der Waals surface area contributed by atoms with Crippen LogP contribution >= 0.6 is 11.3 Å². The van der Waals surface area contributed by atoms with Crippen molar-refractivity contribution in [2.45, 2.75) is 6.04 Å². The predicted molar refractivity (Wildman–Crippen MR) is 86.5 cm³/mol. The van der Waals surface area contributed by atoms with Crippen LogP contribution in [-0.4, -0.2) is 29.2 Å². The molecule has 0 bridgehead atoms. The molecule has 2 atom stereocenters. The van der Waals surface area contributed by atoms with Gasteiger partial charge in [-0.25, -0.2) is 0 Å². The highest BCUT2D eigenvalue weighted by molar-refractivity contribution is 7.84. The fraction of sp³-hybridized carbons (Fsp3) is 0.267. The van der Waals surface area contributed by atoms with E-state index in [0.717, 1.165) is 5.56 Å². The third kappa shape index (κ3) is 4.15. The fourth-order valence-corrected chi connectivity index (χ4v) is 3.50. The van der Waals surface area contributed by atoms with Gasteiger partial charge in [-0.05, 0) is 17.0 Å². The first kappa shape index (κ1) is 15.7. The molecule has 1 aromatic heterocycles. The lowest BCUT2D eigenvalue weighted by Crippen LogP contribution is -2.31. The summed E-state index contributed by atoms with van der Waals surface area (Å²) in [7, 11) is 0.527. The number of ether oxygens (including phenoxy) is 1. The normalized spacial score (nSPS) is 13.4. The standard InChI is InChI=1S/C15H17NO3S2/c1-19-13-8-9-20-14(13)15(17)16-12(10-21(2)18)11-6-4-3-5-7-11/h3-9,12H,10H2,1-2H3,(H,16,17)/t12-,21-/m1/s1. The largest absolute Gasteiger partial charge is 0.495 e. The van der Waals surface area contributed by atoms with Gasteiger partial charge in [-0.15, -0.1) is 11.3 Å². The van der Waals surface area contributed by atoms with E-state index in [2.05, 4.69) is 5.32 Å². The van der Waals surface area contributed by atoms with Gasteiger partial charge in [0.1, 0.15) is 10.6 Å². The fourth-order valence-electron chi connectivity index (χ4n) is 1.99. The maximum absolute atomic E-state index is 12.4. The van der Waals surface area contributed by atoms with Gasteiger partial charge in [-0.1, -0.05) is 30.3 Å². The first-order chi connectivity index (χ1) is 10.1. The number of rotatable bonds is 6. The molecule has 1 aromatic carbocycles. The van der Waals surface area contributed by atoms with Crippen LogP contribution in [0.2, 0.25) is 0 Å². The Bertz CT molecular complexity index is 625. The number of carbonyl (C=O) groups is 1. The van der Waals surface area contributed by atoms with Gasteiger partial charge in [0.25, 0.3) is 5.91 Å². The van der Waals surface area contributed by atoms with Gasteiger partial charge in [0, 0.05) is 22.8 Å². The van der Waals surface area contributed by atoms with Crippen LogP contribution in [0.5, 0.6) is 5.75 Å². The number of carbonyl (C=O) groups excluding carboxylic acids is 1. The van der Waals surface area contributed by atoms with E-state index in [4.69, 9.17) is 4.74 Å². The number of nitrogens with one attached hydrogen (secondary N) is 1. The summed E-state index contributed by atoms with van der Waals surface area (Å²) < 4.78 is 16.7. The van der Waals surface area contributed by atoms with Gasteiger partial charge in [0.05, 0.1) is 13.2 Å². The number of benzene rings is 1. The molecule has 0 saturated carbocycles. The zero-order valence-corrected chi connectivity index (χ0v) is 13.5. The summed E-state index contributed by atoms with van der Waals surface area (Å²) >= 11 is 1.33. The van der Waals surface area contributed by atoms with Crippen molar-refractivity contribution < 1.29 is 13.7 Å². The Morgan fingerprint density at radius 1 is 1.33 bits per heavy atom. The van der Waals surface area contributed by atoms with Gasteiger partial charge >= 0.3 is 0 Å². The molecule has 1 amide bonds. The van der Waals surface area contributed by atoms with Crippen molar-refractivity contribution in [1.29, 1.82) is 0 Å². The van der Waals surface area contributed by atoms with E-state index in [-0.39, 0.29) is 11.9 Å². The highest BCUT2D eigenvalue weighted by Crippen LogP contribution is 2.25. The molecule has 1 N–H and O–H groups in total. The molecule has 0 fully saturated rings. The molecule has 112 valence electrons. The molecule has 0 unspecified atom stereocenters. The van der Waals surface area contributed by atoms with Crippen molar-refractivity contribution in [3.63, 3.8) is 0 Å². The smallest absolute Gasteiger partial charge is 0.265 e. The highest BCUT2D eigenvalue weighted by Gasteiger charge is 2.20. The quantitative estimate of drug-likeness (QED) is 0.889. The van der Waals surface area contributed by atoms with Crippen LogP contribution in [0.25, 0.3) is 0 Å². The van der Waals surface area contributed by atoms with E-state index in [1.54, 1.807) is 12.3 Å². The summed E-state index contributed by atoms with van der Waals surface area (Å²) in [4.78, 5) is 12.9. The zero-order chi connectivity index (χ0) is 15.2. The maximum atomic E-state index is 12.4. The highest BCUT2D eigenvalue weighted by atomic mass is 32.2. The molecule has 2 aromatic rings. The molecule has 0 saturated heterocycles. The van der Waals surface area contributed by atoms with Crippen molar-refractivity contribution >= 4 is 28.0 Å². The van der Waals surface area contributed by atoms with Gasteiger partial charge in [-0.3, -0.25) is 9.00 Å². The van der Waals surface area contributed by atoms with Crippen LogP contribution in [-0.2, 0) is 10.8 Å². The van der Waals surface area contributed by atoms with Crippen molar-refractivity contribution in [1.82, 2.24) is 5.32 Å². The molecule has 2 rings (SSSR count). The molecule has 0 aliphatic rings. The minimum absolute atomic E-state index is 0.207. The Morgan fingerprint density at radius 2 is 2.05 bits per heavy atom. The Balaban J connectivity index is 2.19. The van der Waals surface area contributed by atoms with E-state index >= 15 is 0 Å². The molecule has 0 aliphatic heterocycles. The summed E-state index contributed by atoms with van der Waals surface area (Å²) in [6.45, 7) is 0. The Kier molecular flexibility index (Phi) is 5.52. The van der Waals surface area contributed by atoms with Gasteiger partial charge < -0.3 is 10.1 Å². The zero-order valence-electron chi connectivity index (χ0n) is 11.9. The van der Waals surface area contributed by atoms with Crippen LogP contribution in [0.1, 0.15) is 21.3 Å². The number of hydrogen-bond donors (Lipinski definition) is 1. The van der Waals surface area contributed by atoms with Crippen molar-refractivity contribution in [3.05, 3.63) is 52.2 Å². The van der Waals surface area contributed by atoms with Crippen molar-refractivity contribution in [3.8, 4) is 5.75 Å². The van der Waals surface area contributed by atoms with Crippen LogP contribution in [0.15, 0.2) is 41.8 Å². The Morgan fingerprint density at radius 3 is 2.67 bits per heavy atom. The van der Waals surface area contributed by atoms with E-state index in [9.17, 15) is 9.00 Å². The average molecular weight is 323 g/mol. The van der Waals surface area contributed by atoms with Crippen LogP contribution in [0.3, 0.4) is 0 Å². The maximum Gasteiger partial charge on any atom is 0.265 e. The number of amides is 1. The molecule has 4 nitrogen and oxygen atoms in total. The first-order valence-corrected chi connectivity index (χ1v) is 9.00. The SMILES string of the molecule is COc1ccsc1C(=O)N[C@H](C[S@@](C)=O)c1ccccc1. The lowest BCUT2D eigenvalue weighted by molar-refractivity contribution is 0.0942. The number of thiophene rings is 1. The van der Waals surface area contributed by atoms with Gasteiger partial charge in [0.2, 0.25) is 0 Å². The van der Waals surface area contributed by atoms with E-state index in [0.29, 0.717) is 16.4 Å². The summed E-state index contributed by atoms with van der Waals surface area (Å²) in [5.74, 6) is 0.728. The lowest BCUT2D eigenvalue weighted by Gasteiger charge is -2.18. The molecular weight excluding hydrogens is 306 g/mol. The third-order valence-electron chi connectivity index (χ3n) is 2.96. The lowest BCUT2D eigenvalue weighted by atomic mass is 10.1. The van der Waals surface area contributed by atoms with Crippen LogP contribution < -0.4 is 10.1 Å². The van der Waals surface area contributed by atoms with Gasteiger partial charge in [-0.2, -0.15) is 0 Å². The molecule has 0 aliphatic carbocycles. The van der Waals surface area contributed by atoms with Crippen molar-refractivity contribution in [2.24, 2.45) is 0 Å². The molecule has 21 heavy (non-hydrogen) atoms. The number of hydrogen-bond acceptors (Lipinski definition) is 4. The van der Waals surface area contributed by atoms with Crippen molar-refractivity contribution in [2.75, 3.05) is 19.1 Å². The third-order valence-corrected chi connectivity index (χ3v) is 4.66. The minimum atomic E-state index is -1.01. The van der Waals surface area contributed by atoms with Crippen LogP contribution in [0.4, 0.5) is 0 Å². The summed E-state index contributed by atoms with van der Waals surface area (Å²) in [5, 5.41) is 4.75. The van der Waals surface area contributed by atoms with Crippen LogP contribution in [0, 0.1) is 0 Å². The molecule has 0 spiro atoms. The van der Waals surface area contributed by atoms with Gasteiger partial charge in [0.15, 0.2) is 0 Å². The minimum Gasteiger partial charge on any atom is -0.495 e. The summed E-state index contributed by atoms with van der Waals surface area (Å²) in [6, 6.07) is 11.0. The second-order valence-electron chi connectivity index (χ2n) is 4.49. The molecular formula is C15H17NO3S2. The first-order valence-electron chi connectivity index (χ1n) is 6.39. The molecule has 6 heteroatoms. The predicted octanol–water partition coefficient (Wildman–Crippen LogP) is 2.61. The Labute approximate surface area is 130 Å². The topological polar surface area (TPSA) is 55.4 Å². The molecule has 1 heterocycles. The second-order valence-corrected chi connectivity index (χ2v) is 6.89. The van der Waals surface area contributed by atoms with E-state index < -0.39 is 10.8 Å². The summed E-state index contributed by atoms with van der Waals surface area (Å²) in [6.07, 6.45) is 1.63. The monoisotopic (exact) mass is 323 g/mol. The Hall–Kier alpha value is -1.66. The second kappa shape index (κ2) is 7.38. The molecule has 0 radical (unpaired) electrons. The number of methoxy groups -OCH3 is 1. The van der Waals surface area contributed by atoms with E-state index in [1.165, 1.54) is 18.4 Å². The average Bonchev–Trinajstić information content (AvgIpc) is 2.95. The van der Waals surface area contributed by atoms with E-state index in [1.807, 2.05) is 35.7 Å².